The first kappa shape index (κ1) is 14.1. The minimum Gasteiger partial charge on any atom is -0.367 e. The van der Waals surface area contributed by atoms with Crippen LogP contribution in [0.5, 0.6) is 0 Å². The lowest BCUT2D eigenvalue weighted by atomic mass is 10.1. The van der Waals surface area contributed by atoms with Crippen molar-refractivity contribution in [2.75, 3.05) is 5.32 Å². The molecule has 0 aliphatic heterocycles. The zero-order chi connectivity index (χ0) is 15.2. The molecule has 1 saturated carbocycles. The summed E-state index contributed by atoms with van der Waals surface area (Å²) in [7, 11) is 0. The van der Waals surface area contributed by atoms with Crippen molar-refractivity contribution in [2.24, 2.45) is 5.92 Å². The van der Waals surface area contributed by atoms with Gasteiger partial charge in [-0.3, -0.25) is 0 Å². The number of hydrogen-bond acceptors (Lipinski definition) is 4. The largest absolute Gasteiger partial charge is 0.453 e. The topological polar surface area (TPSA) is 55.1 Å². The van der Waals surface area contributed by atoms with Crippen LogP contribution in [-0.4, -0.2) is 25.6 Å². The van der Waals surface area contributed by atoms with Crippen LogP contribution < -0.4 is 5.32 Å². The smallest absolute Gasteiger partial charge is 0.367 e. The normalized spacial score (nSPS) is 22.9. The Morgan fingerprint density at radius 3 is 2.67 bits per heavy atom. The summed E-state index contributed by atoms with van der Waals surface area (Å²) >= 11 is 0. The van der Waals surface area contributed by atoms with Gasteiger partial charge in [-0.2, -0.15) is 22.7 Å². The molecule has 2 unspecified atom stereocenters. The van der Waals surface area contributed by atoms with E-state index < -0.39 is 12.0 Å². The molecule has 2 atom stereocenters. The summed E-state index contributed by atoms with van der Waals surface area (Å²) < 4.78 is 39.3. The van der Waals surface area contributed by atoms with Crippen molar-refractivity contribution in [3.63, 3.8) is 0 Å². The molecule has 0 saturated heterocycles. The molecule has 0 radical (unpaired) electrons. The van der Waals surface area contributed by atoms with Gasteiger partial charge in [0.15, 0.2) is 0 Å². The second kappa shape index (κ2) is 4.85. The number of hydrogen-bond donors (Lipinski definition) is 1. The highest BCUT2D eigenvalue weighted by molar-refractivity contribution is 5.46. The molecule has 1 fully saturated rings. The average molecular weight is 299 g/mol. The summed E-state index contributed by atoms with van der Waals surface area (Å²) in [4.78, 5) is 7.48. The zero-order valence-corrected chi connectivity index (χ0v) is 11.8. The van der Waals surface area contributed by atoms with Gasteiger partial charge in [0, 0.05) is 17.8 Å². The number of alkyl halides is 3. The Balaban J connectivity index is 1.99. The van der Waals surface area contributed by atoms with E-state index in [-0.39, 0.29) is 11.8 Å². The molecule has 3 rings (SSSR count). The predicted molar refractivity (Wildman–Crippen MR) is 70.9 cm³/mol. The van der Waals surface area contributed by atoms with Gasteiger partial charge in [0.1, 0.15) is 5.82 Å². The lowest BCUT2D eigenvalue weighted by Crippen LogP contribution is -2.18. The summed E-state index contributed by atoms with van der Waals surface area (Å²) in [5.41, 5.74) is 0.608. The number of anilines is 1. The molecule has 1 N–H and O–H groups in total. The van der Waals surface area contributed by atoms with Crippen LogP contribution in [0.1, 0.15) is 37.7 Å². The Hall–Kier alpha value is -1.86. The van der Waals surface area contributed by atoms with Crippen LogP contribution in [0.25, 0.3) is 5.78 Å². The molecule has 0 spiro atoms. The first-order valence-corrected chi connectivity index (χ1v) is 6.91. The van der Waals surface area contributed by atoms with Gasteiger partial charge in [-0.1, -0.05) is 6.92 Å². The van der Waals surface area contributed by atoms with E-state index in [1.165, 1.54) is 0 Å². The minimum atomic E-state index is -4.57. The van der Waals surface area contributed by atoms with E-state index in [1.807, 2.05) is 0 Å². The molecule has 21 heavy (non-hydrogen) atoms. The Morgan fingerprint density at radius 1 is 1.29 bits per heavy atom. The third kappa shape index (κ3) is 2.79. The first-order chi connectivity index (χ1) is 9.83. The van der Waals surface area contributed by atoms with Gasteiger partial charge in [-0.05, 0) is 32.1 Å². The summed E-state index contributed by atoms with van der Waals surface area (Å²) in [6.45, 7) is 3.90. The summed E-state index contributed by atoms with van der Waals surface area (Å²) in [5, 5.41) is 6.81. The lowest BCUT2D eigenvalue weighted by Gasteiger charge is -2.14. The quantitative estimate of drug-likeness (QED) is 0.926. The van der Waals surface area contributed by atoms with Crippen molar-refractivity contribution in [2.45, 2.75) is 45.3 Å². The highest BCUT2D eigenvalue weighted by Gasteiger charge is 2.37. The van der Waals surface area contributed by atoms with Gasteiger partial charge in [0.2, 0.25) is 0 Å². The fourth-order valence-corrected chi connectivity index (χ4v) is 2.76. The fraction of sp³-hybridized carbons (Fsp3) is 0.615. The molecule has 8 heteroatoms. The molecule has 1 aliphatic rings. The fourth-order valence-electron chi connectivity index (χ4n) is 2.76. The number of nitrogens with one attached hydrogen (secondary N) is 1. The van der Waals surface area contributed by atoms with E-state index in [2.05, 4.69) is 27.3 Å². The lowest BCUT2D eigenvalue weighted by molar-refractivity contribution is -0.144. The standard InChI is InChI=1S/C13H16F3N5/c1-7-3-4-9(5-7)18-10-6-8(2)17-12-19-11(13(14,15)16)20-21(10)12/h6-7,9,18H,3-5H2,1-2H3. The number of aromatic nitrogens is 4. The van der Waals surface area contributed by atoms with Crippen LogP contribution >= 0.6 is 0 Å². The number of nitrogens with zero attached hydrogens (tertiary/aromatic N) is 4. The average Bonchev–Trinajstić information content (AvgIpc) is 2.94. The molecule has 0 bridgehead atoms. The first-order valence-electron chi connectivity index (χ1n) is 6.91. The second-order valence-electron chi connectivity index (χ2n) is 5.69. The maximum Gasteiger partial charge on any atom is 0.453 e. The number of rotatable bonds is 2. The molecule has 1 aliphatic carbocycles. The molecule has 2 aromatic rings. The Bertz CT molecular complexity index is 664. The second-order valence-corrected chi connectivity index (χ2v) is 5.69. The number of halogens is 3. The maximum atomic E-state index is 12.7. The molecule has 5 nitrogen and oxygen atoms in total. The third-order valence-electron chi connectivity index (χ3n) is 3.74. The van der Waals surface area contributed by atoms with Crippen molar-refractivity contribution in [1.82, 2.24) is 19.6 Å². The third-order valence-corrected chi connectivity index (χ3v) is 3.74. The van der Waals surface area contributed by atoms with Crippen LogP contribution in [0.2, 0.25) is 0 Å². The molecule has 2 aromatic heterocycles. The van der Waals surface area contributed by atoms with E-state index in [4.69, 9.17) is 0 Å². The van der Waals surface area contributed by atoms with E-state index in [1.54, 1.807) is 13.0 Å². The Kier molecular flexibility index (Phi) is 3.26. The summed E-state index contributed by atoms with van der Waals surface area (Å²) in [6.07, 6.45) is -1.44. The zero-order valence-electron chi connectivity index (χ0n) is 11.8. The molecule has 114 valence electrons. The summed E-state index contributed by atoms with van der Waals surface area (Å²) in [5.74, 6) is -0.0543. The van der Waals surface area contributed by atoms with E-state index in [0.717, 1.165) is 23.8 Å². The van der Waals surface area contributed by atoms with Crippen molar-refractivity contribution < 1.29 is 13.2 Å². The predicted octanol–water partition coefficient (Wildman–Crippen LogP) is 3.05. The number of aryl methyl sites for hydroxylation is 1. The van der Waals surface area contributed by atoms with Crippen molar-refractivity contribution in [3.8, 4) is 0 Å². The number of fused-ring (bicyclic) bond motifs is 1. The maximum absolute atomic E-state index is 12.7. The minimum absolute atomic E-state index is 0.0316. The molecule has 0 aromatic carbocycles. The van der Waals surface area contributed by atoms with Gasteiger partial charge in [0.05, 0.1) is 0 Å². The van der Waals surface area contributed by atoms with Crippen molar-refractivity contribution in [3.05, 3.63) is 17.6 Å². The Labute approximate surface area is 119 Å². The van der Waals surface area contributed by atoms with Crippen LogP contribution in [0, 0.1) is 12.8 Å². The van der Waals surface area contributed by atoms with Crippen molar-refractivity contribution in [1.29, 1.82) is 0 Å². The van der Waals surface area contributed by atoms with Gasteiger partial charge in [0.25, 0.3) is 11.6 Å². The van der Waals surface area contributed by atoms with Crippen LogP contribution in [0.4, 0.5) is 19.0 Å². The highest BCUT2D eigenvalue weighted by Crippen LogP contribution is 2.29. The summed E-state index contributed by atoms with van der Waals surface area (Å²) in [6, 6.07) is 1.95. The van der Waals surface area contributed by atoms with Gasteiger partial charge in [-0.15, -0.1) is 5.10 Å². The van der Waals surface area contributed by atoms with E-state index in [9.17, 15) is 13.2 Å². The van der Waals surface area contributed by atoms with Crippen LogP contribution in [0.15, 0.2) is 6.07 Å². The Morgan fingerprint density at radius 2 is 2.05 bits per heavy atom. The monoisotopic (exact) mass is 299 g/mol. The highest BCUT2D eigenvalue weighted by atomic mass is 19.4. The van der Waals surface area contributed by atoms with Crippen LogP contribution in [-0.2, 0) is 6.18 Å². The van der Waals surface area contributed by atoms with Gasteiger partial charge < -0.3 is 5.32 Å². The molecular formula is C13H16F3N5. The van der Waals surface area contributed by atoms with Gasteiger partial charge >= 0.3 is 6.18 Å². The molecular weight excluding hydrogens is 283 g/mol. The van der Waals surface area contributed by atoms with E-state index >= 15 is 0 Å². The van der Waals surface area contributed by atoms with Crippen molar-refractivity contribution >= 4 is 11.6 Å². The van der Waals surface area contributed by atoms with E-state index in [0.29, 0.717) is 17.4 Å². The van der Waals surface area contributed by atoms with Gasteiger partial charge in [-0.25, -0.2) is 4.98 Å². The molecule has 0 amide bonds. The van der Waals surface area contributed by atoms with Crippen LogP contribution in [0.3, 0.4) is 0 Å². The SMILES string of the molecule is Cc1cc(NC2CCC(C)C2)n2nc(C(F)(F)F)nc2n1. The molecule has 2 heterocycles.